The van der Waals surface area contributed by atoms with Gasteiger partial charge in [0.2, 0.25) is 0 Å². The van der Waals surface area contributed by atoms with Gasteiger partial charge in [-0.15, -0.1) is 0 Å². The van der Waals surface area contributed by atoms with Crippen LogP contribution < -0.4 is 5.56 Å². The van der Waals surface area contributed by atoms with Crippen molar-refractivity contribution in [2.24, 2.45) is 7.05 Å². The zero-order valence-electron chi connectivity index (χ0n) is 16.2. The van der Waals surface area contributed by atoms with Gasteiger partial charge in [-0.2, -0.15) is 0 Å². The largest absolute Gasteiger partial charge is 0.336 e. The topological polar surface area (TPSA) is 58.1 Å². The zero-order chi connectivity index (χ0) is 19.3. The SMILES string of the molecule is CCCCCN(C(=O)c1ccc2c(=O)n(C)c(=S)[nH]c2c1)C(C)CCC. The molecule has 0 aliphatic carbocycles. The van der Waals surface area contributed by atoms with E-state index in [0.717, 1.165) is 38.6 Å². The summed E-state index contributed by atoms with van der Waals surface area (Å²) in [6.45, 7) is 7.17. The molecule has 1 amide bonds. The van der Waals surface area contributed by atoms with Crippen molar-refractivity contribution in [3.63, 3.8) is 0 Å². The van der Waals surface area contributed by atoms with Crippen LogP contribution in [-0.4, -0.2) is 32.9 Å². The number of benzene rings is 1. The van der Waals surface area contributed by atoms with Crippen LogP contribution in [0.15, 0.2) is 23.0 Å². The van der Waals surface area contributed by atoms with Crippen molar-refractivity contribution in [3.8, 4) is 0 Å². The van der Waals surface area contributed by atoms with Gasteiger partial charge in [0, 0.05) is 25.2 Å². The van der Waals surface area contributed by atoms with E-state index in [4.69, 9.17) is 12.2 Å². The summed E-state index contributed by atoms with van der Waals surface area (Å²) in [7, 11) is 1.64. The number of hydrogen-bond acceptors (Lipinski definition) is 3. The molecular weight excluding hydrogens is 346 g/mol. The first kappa shape index (κ1) is 20.4. The lowest BCUT2D eigenvalue weighted by molar-refractivity contribution is 0.0680. The molecule has 0 fully saturated rings. The third-order valence-electron chi connectivity index (χ3n) is 4.85. The van der Waals surface area contributed by atoms with E-state index in [1.807, 2.05) is 4.90 Å². The smallest absolute Gasteiger partial charge is 0.261 e. The number of hydrogen-bond donors (Lipinski definition) is 1. The number of amides is 1. The van der Waals surface area contributed by atoms with Crippen LogP contribution in [0.25, 0.3) is 10.9 Å². The second-order valence-electron chi connectivity index (χ2n) is 6.90. The average Bonchev–Trinajstić information content (AvgIpc) is 2.62. The summed E-state index contributed by atoms with van der Waals surface area (Å²) in [4.78, 5) is 30.5. The van der Waals surface area contributed by atoms with Crippen LogP contribution in [0.3, 0.4) is 0 Å². The zero-order valence-corrected chi connectivity index (χ0v) is 17.0. The van der Waals surface area contributed by atoms with E-state index in [9.17, 15) is 9.59 Å². The molecule has 1 heterocycles. The van der Waals surface area contributed by atoms with E-state index in [1.165, 1.54) is 4.57 Å². The van der Waals surface area contributed by atoms with E-state index in [0.29, 0.717) is 21.2 Å². The van der Waals surface area contributed by atoms with Gasteiger partial charge in [0.1, 0.15) is 0 Å². The minimum absolute atomic E-state index is 0.0175. The fourth-order valence-corrected chi connectivity index (χ4v) is 3.43. The Kier molecular flexibility index (Phi) is 7.14. The second kappa shape index (κ2) is 9.12. The van der Waals surface area contributed by atoms with E-state index in [-0.39, 0.29) is 17.5 Å². The molecule has 2 aromatic rings. The van der Waals surface area contributed by atoms with Gasteiger partial charge in [0.05, 0.1) is 10.9 Å². The highest BCUT2D eigenvalue weighted by Gasteiger charge is 2.21. The van der Waals surface area contributed by atoms with Gasteiger partial charge < -0.3 is 9.88 Å². The van der Waals surface area contributed by atoms with E-state index in [2.05, 4.69) is 25.8 Å². The molecule has 0 aliphatic rings. The Labute approximate surface area is 160 Å². The molecule has 1 aromatic heterocycles. The fraction of sp³-hybridized carbons (Fsp3) is 0.550. The highest BCUT2D eigenvalue weighted by molar-refractivity contribution is 7.71. The summed E-state index contributed by atoms with van der Waals surface area (Å²) < 4.78 is 1.76. The van der Waals surface area contributed by atoms with Crippen molar-refractivity contribution in [1.82, 2.24) is 14.5 Å². The van der Waals surface area contributed by atoms with Crippen molar-refractivity contribution in [3.05, 3.63) is 38.9 Å². The third kappa shape index (κ3) is 4.41. The molecular formula is C20H29N3O2S. The van der Waals surface area contributed by atoms with Crippen molar-refractivity contribution >= 4 is 29.0 Å². The monoisotopic (exact) mass is 375 g/mol. The van der Waals surface area contributed by atoms with Crippen LogP contribution >= 0.6 is 12.2 Å². The lowest BCUT2D eigenvalue weighted by atomic mass is 10.1. The van der Waals surface area contributed by atoms with Crippen LogP contribution in [0.1, 0.15) is 63.2 Å². The quantitative estimate of drug-likeness (QED) is 0.549. The molecule has 1 aromatic carbocycles. The van der Waals surface area contributed by atoms with Crippen LogP contribution in [0.2, 0.25) is 0 Å². The predicted molar refractivity (Wildman–Crippen MR) is 109 cm³/mol. The molecule has 0 saturated carbocycles. The Morgan fingerprint density at radius 1 is 1.27 bits per heavy atom. The molecule has 26 heavy (non-hydrogen) atoms. The lowest BCUT2D eigenvalue weighted by Gasteiger charge is -2.29. The minimum atomic E-state index is -0.151. The van der Waals surface area contributed by atoms with Crippen LogP contribution in [0.4, 0.5) is 0 Å². The van der Waals surface area contributed by atoms with E-state index >= 15 is 0 Å². The summed E-state index contributed by atoms with van der Waals surface area (Å²) in [5.41, 5.74) is 1.05. The standard InChI is InChI=1S/C20H29N3O2S/c1-5-7-8-12-23(14(3)9-6-2)18(24)15-10-11-16-17(13-15)21-20(26)22(4)19(16)25/h10-11,13-14H,5-9,12H2,1-4H3,(H,21,26). The number of aromatic amines is 1. The van der Waals surface area contributed by atoms with Gasteiger partial charge in [-0.1, -0.05) is 33.1 Å². The first-order valence-corrected chi connectivity index (χ1v) is 9.85. The van der Waals surface area contributed by atoms with Crippen LogP contribution in [0, 0.1) is 4.77 Å². The summed E-state index contributed by atoms with van der Waals surface area (Å²) in [6.07, 6.45) is 5.27. The number of unbranched alkanes of at least 4 members (excludes halogenated alkanes) is 2. The van der Waals surface area contributed by atoms with E-state index < -0.39 is 0 Å². The number of nitrogens with one attached hydrogen (secondary N) is 1. The maximum absolute atomic E-state index is 13.1. The molecule has 0 saturated heterocycles. The van der Waals surface area contributed by atoms with Crippen molar-refractivity contribution in [2.45, 2.75) is 58.9 Å². The van der Waals surface area contributed by atoms with Gasteiger partial charge >= 0.3 is 0 Å². The number of carbonyl (C=O) groups is 1. The molecule has 6 heteroatoms. The highest BCUT2D eigenvalue weighted by atomic mass is 32.1. The first-order valence-electron chi connectivity index (χ1n) is 9.44. The van der Waals surface area contributed by atoms with Gasteiger partial charge in [-0.25, -0.2) is 0 Å². The molecule has 2 rings (SSSR count). The number of H-pyrrole nitrogens is 1. The molecule has 1 unspecified atom stereocenters. The average molecular weight is 376 g/mol. The molecule has 142 valence electrons. The molecule has 1 N–H and O–H groups in total. The minimum Gasteiger partial charge on any atom is -0.336 e. The molecule has 0 radical (unpaired) electrons. The molecule has 0 bridgehead atoms. The Hall–Kier alpha value is -1.95. The predicted octanol–water partition coefficient (Wildman–Crippen LogP) is 4.42. The summed E-state index contributed by atoms with van der Waals surface area (Å²) >= 11 is 5.19. The molecule has 0 spiro atoms. The van der Waals surface area contributed by atoms with Gasteiger partial charge in [0.15, 0.2) is 4.77 Å². The number of fused-ring (bicyclic) bond motifs is 1. The third-order valence-corrected chi connectivity index (χ3v) is 5.23. The number of carbonyl (C=O) groups excluding carboxylic acids is 1. The maximum atomic E-state index is 13.1. The van der Waals surface area contributed by atoms with Crippen molar-refractivity contribution in [2.75, 3.05) is 6.54 Å². The van der Waals surface area contributed by atoms with E-state index in [1.54, 1.807) is 25.2 Å². The number of nitrogens with zero attached hydrogens (tertiary/aromatic N) is 2. The maximum Gasteiger partial charge on any atom is 0.261 e. The Balaban J connectivity index is 2.39. The lowest BCUT2D eigenvalue weighted by Crippen LogP contribution is -2.39. The summed E-state index contributed by atoms with van der Waals surface area (Å²) in [5, 5.41) is 0.539. The molecule has 0 aliphatic heterocycles. The first-order chi connectivity index (χ1) is 12.4. The van der Waals surface area contributed by atoms with Crippen molar-refractivity contribution in [1.29, 1.82) is 0 Å². The highest BCUT2D eigenvalue weighted by Crippen LogP contribution is 2.17. The van der Waals surface area contributed by atoms with Gasteiger partial charge in [0.25, 0.3) is 11.5 Å². The Morgan fingerprint density at radius 2 is 2.00 bits per heavy atom. The fourth-order valence-electron chi connectivity index (χ4n) is 3.23. The van der Waals surface area contributed by atoms with Gasteiger partial charge in [-0.05, 0) is 50.2 Å². The van der Waals surface area contributed by atoms with Gasteiger partial charge in [-0.3, -0.25) is 14.2 Å². The molecule has 1 atom stereocenters. The van der Waals surface area contributed by atoms with Crippen LogP contribution in [0.5, 0.6) is 0 Å². The number of aromatic nitrogens is 2. The van der Waals surface area contributed by atoms with Crippen molar-refractivity contribution < 1.29 is 4.79 Å². The number of rotatable bonds is 8. The van der Waals surface area contributed by atoms with Crippen LogP contribution in [-0.2, 0) is 7.05 Å². The Bertz CT molecular complexity index is 885. The Morgan fingerprint density at radius 3 is 2.65 bits per heavy atom. The normalized spacial score (nSPS) is 12.3. The second-order valence-corrected chi connectivity index (χ2v) is 7.28. The molecule has 5 nitrogen and oxygen atoms in total. The summed E-state index contributed by atoms with van der Waals surface area (Å²) in [5.74, 6) is 0.0175. The summed E-state index contributed by atoms with van der Waals surface area (Å²) in [6, 6.07) is 5.40.